The van der Waals surface area contributed by atoms with E-state index in [0.717, 1.165) is 6.92 Å². The number of esters is 5. The van der Waals surface area contributed by atoms with Gasteiger partial charge in [-0.3, -0.25) is 9.59 Å². The second-order valence-corrected chi connectivity index (χ2v) is 28.8. The molecule has 119 heavy (non-hydrogen) atoms. The number of carbonyl (C=O) groups is 5. The molecule has 9 aliphatic rings. The van der Waals surface area contributed by atoms with Crippen LogP contribution in [0.25, 0.3) is 65.7 Å². The van der Waals surface area contributed by atoms with Crippen molar-refractivity contribution in [1.82, 2.24) is 0 Å². The third kappa shape index (κ3) is 14.8. The third-order valence-electron chi connectivity index (χ3n) is 21.7. The Hall–Kier alpha value is -11.4. The van der Waals surface area contributed by atoms with Gasteiger partial charge in [0.2, 0.25) is 39.2 Å². The maximum Gasteiger partial charge on any atom is 0.339 e. The molecule has 3 unspecified atom stereocenters. The number of carbonyl (C=O) groups excluding carboxylic acids is 5. The molecule has 0 aromatic heterocycles. The summed E-state index contributed by atoms with van der Waals surface area (Å²) in [5.41, 5.74) is 7.49. The minimum Gasteiger partial charge on any atom is -0.461 e. The molecule has 36 heteroatoms. The van der Waals surface area contributed by atoms with Gasteiger partial charge in [0.1, 0.15) is 79.8 Å². The number of ether oxygens (including phenoxy) is 17. The van der Waals surface area contributed by atoms with E-state index >= 15 is 0 Å². The highest BCUT2D eigenvalue weighted by molar-refractivity contribution is 6.16. The van der Waals surface area contributed by atoms with Crippen LogP contribution in [-0.2, 0) is 107 Å². The molecule has 0 aliphatic carbocycles. The molecule has 14 N–H and O–H groups in total. The number of benzene rings is 9. The number of aliphatic hydroxyl groups excluding tert-OH is 14. The van der Waals surface area contributed by atoms with Crippen molar-refractivity contribution >= 4 is 62.2 Å². The Labute approximate surface area is 671 Å². The minimum absolute atomic E-state index is 0.0556. The van der Waals surface area contributed by atoms with Gasteiger partial charge in [0.15, 0.2) is 52.8 Å². The van der Waals surface area contributed by atoms with E-state index in [-0.39, 0.29) is 114 Å². The highest BCUT2D eigenvalue weighted by atomic mass is 16.7. The van der Waals surface area contributed by atoms with Crippen LogP contribution in [0.1, 0.15) is 95.0 Å². The van der Waals surface area contributed by atoms with Crippen molar-refractivity contribution < 1.29 is 176 Å². The van der Waals surface area contributed by atoms with Crippen molar-refractivity contribution in [3.8, 4) is 85.1 Å². The zero-order valence-electron chi connectivity index (χ0n) is 63.0. The van der Waals surface area contributed by atoms with Crippen molar-refractivity contribution in [3.63, 3.8) is 0 Å². The predicted molar refractivity (Wildman–Crippen MR) is 400 cm³/mol. The van der Waals surface area contributed by atoms with Crippen molar-refractivity contribution in [3.05, 3.63) is 158 Å². The van der Waals surface area contributed by atoms with E-state index in [1.54, 1.807) is 91.0 Å². The number of aliphatic hydroxyl groups is 14. The van der Waals surface area contributed by atoms with Gasteiger partial charge in [-0.25, -0.2) is 14.4 Å². The smallest absolute Gasteiger partial charge is 0.339 e. The number of fused-ring (bicyclic) bond motifs is 9. The molecule has 9 aliphatic heterocycles. The summed E-state index contributed by atoms with van der Waals surface area (Å²) in [7, 11) is 0. The summed E-state index contributed by atoms with van der Waals surface area (Å²) in [4.78, 5) is 62.3. The zero-order valence-corrected chi connectivity index (χ0v) is 63.0. The monoisotopic (exact) mass is 1650 g/mol. The molecule has 3 saturated heterocycles. The van der Waals surface area contributed by atoms with Crippen LogP contribution < -0.4 is 42.6 Å². The Balaban J connectivity index is 0.000000133. The number of rotatable bonds is 18. The second-order valence-electron chi connectivity index (χ2n) is 28.8. The van der Waals surface area contributed by atoms with Gasteiger partial charge in [-0.2, -0.15) is 0 Å². The number of hydrogen-bond donors (Lipinski definition) is 14. The fourth-order valence-corrected chi connectivity index (χ4v) is 15.9. The molecule has 0 amide bonds. The van der Waals surface area contributed by atoms with Gasteiger partial charge in [0.05, 0.1) is 76.2 Å². The van der Waals surface area contributed by atoms with Crippen molar-refractivity contribution in [2.45, 2.75) is 153 Å². The van der Waals surface area contributed by atoms with Gasteiger partial charge in [0, 0.05) is 63.4 Å². The lowest BCUT2D eigenvalue weighted by Gasteiger charge is -2.40. The minimum atomic E-state index is -1.70. The van der Waals surface area contributed by atoms with Gasteiger partial charge >= 0.3 is 29.8 Å². The first-order chi connectivity index (χ1) is 57.5. The quantitative estimate of drug-likeness (QED) is 0.0434. The van der Waals surface area contributed by atoms with Crippen LogP contribution in [0.3, 0.4) is 0 Å². The van der Waals surface area contributed by atoms with Gasteiger partial charge in [0.25, 0.3) is 0 Å². The number of cyclic esters (lactones) is 3. The maximum absolute atomic E-state index is 13.1. The van der Waals surface area contributed by atoms with Gasteiger partial charge in [-0.1, -0.05) is 18.2 Å². The summed E-state index contributed by atoms with van der Waals surface area (Å²) in [6, 6.07) is 25.5. The molecule has 0 spiro atoms. The molecule has 626 valence electrons. The highest BCUT2D eigenvalue weighted by Crippen LogP contribution is 2.53. The standard InChI is InChI=1S/2C28H26O12.C27H26O12/c1-12(31)39-26-19(32)10-36-28(24(26)33)40-25-17-5-15(8-30)14(7-29)4-16(17)22(23-18(25)9-35-27(23)34)13-2-3-20-21(6-13)38-11-37-20;1-12(31)39-21-10-36-28(25(33)24(21)32)40-26-17-5-15(8-30)14(7-29)4-16(17)22(23-18(26)9-35-27(23)34)13-2-3-19-20(6-13)38-11-37-19;28-6-12-3-14-15(4-13(12)7-29)25(39-27-24(33)23(32)22(31)19(8-30)38-27)16-9-35-26(34)21(16)20(14)11-1-2-17-18(5-11)37-10-36-17/h2-6,19,24,26,28-30,32-33H,7-11H2,1H3;2-6,21,24-25,28-30,32-33H,7-11H2,1H3;1-5,19,22-24,27-33H,6-10H2/t19-,24-,26+,28?;21-,24+,25-,28?;19-,22+,23+,24-,27?/m111/s1. The topological polar surface area (TPSA) is 525 Å². The molecule has 9 heterocycles. The first-order valence-corrected chi connectivity index (χ1v) is 37.4. The van der Waals surface area contributed by atoms with Crippen LogP contribution in [0.15, 0.2) is 91.0 Å². The lowest BCUT2D eigenvalue weighted by molar-refractivity contribution is -0.277. The van der Waals surface area contributed by atoms with E-state index in [0.29, 0.717) is 150 Å². The lowest BCUT2D eigenvalue weighted by Crippen LogP contribution is -2.60. The summed E-state index contributed by atoms with van der Waals surface area (Å²) in [5, 5.41) is 146. The fourth-order valence-electron chi connectivity index (χ4n) is 15.9. The molecule has 0 bridgehead atoms. The average molecular weight is 1650 g/mol. The zero-order chi connectivity index (χ0) is 83.7. The van der Waals surface area contributed by atoms with E-state index in [4.69, 9.17) is 80.5 Å². The summed E-state index contributed by atoms with van der Waals surface area (Å²) in [5.74, 6) is 0.303. The van der Waals surface area contributed by atoms with E-state index in [1.165, 1.54) is 6.92 Å². The van der Waals surface area contributed by atoms with Crippen LogP contribution in [0.5, 0.6) is 51.7 Å². The maximum atomic E-state index is 13.1. The second kappa shape index (κ2) is 33.4. The molecule has 18 rings (SSSR count). The first-order valence-electron chi connectivity index (χ1n) is 37.4. The van der Waals surface area contributed by atoms with Gasteiger partial charge in [-0.15, -0.1) is 0 Å². The van der Waals surface area contributed by atoms with E-state index < -0.39 is 130 Å². The van der Waals surface area contributed by atoms with E-state index in [2.05, 4.69) is 0 Å². The summed E-state index contributed by atoms with van der Waals surface area (Å²) in [6.07, 6.45) is -18.9. The van der Waals surface area contributed by atoms with Crippen LogP contribution in [0.2, 0.25) is 0 Å². The predicted octanol–water partition coefficient (Wildman–Crippen LogP) is 2.63. The largest absolute Gasteiger partial charge is 0.461 e. The van der Waals surface area contributed by atoms with Crippen LogP contribution >= 0.6 is 0 Å². The molecule has 3 fully saturated rings. The Morgan fingerprint density at radius 2 is 0.697 bits per heavy atom. The van der Waals surface area contributed by atoms with Gasteiger partial charge < -0.3 is 152 Å². The van der Waals surface area contributed by atoms with Crippen molar-refractivity contribution in [2.24, 2.45) is 0 Å². The SMILES string of the molecule is CC(=O)O[C@@H]1COC(Oc2c3c(c(-c4ccc5c(c4)OCO5)c4cc(CO)c(CO)cc24)C(=O)OC3)[C@H](O)[C@H]1O.CC(=O)O[C@H]1[C@H](O)COC(Oc2c3c(c(-c4ccc5c(c4)OCO5)c4cc(CO)c(CO)cc24)C(=O)OC3)[C@@H]1O.O=C1OCc2c1c(-c1ccc3c(c1)OCO3)c1cc(CO)c(CO)cc1c2OC1O[C@H](CO)[C@H](O)[C@H](O)[C@H]1O. The molecule has 36 nitrogen and oxygen atoms in total. The Kier molecular flexibility index (Phi) is 22.9. The molecular formula is C83H78O36. The molecular weight excluding hydrogens is 1570 g/mol. The summed E-state index contributed by atoms with van der Waals surface area (Å²) in [6.45, 7) is -1.47. The average Bonchev–Trinajstić information content (AvgIpc) is 1.69. The van der Waals surface area contributed by atoms with Crippen molar-refractivity contribution in [2.75, 3.05) is 40.2 Å². The lowest BCUT2D eigenvalue weighted by atomic mass is 9.87. The van der Waals surface area contributed by atoms with Gasteiger partial charge in [-0.05, 0) is 139 Å². The van der Waals surface area contributed by atoms with Crippen LogP contribution in [-0.4, -0.2) is 221 Å². The van der Waals surface area contributed by atoms with Crippen LogP contribution in [0.4, 0.5) is 0 Å². The van der Waals surface area contributed by atoms with E-state index in [1.807, 2.05) is 0 Å². The van der Waals surface area contributed by atoms with Crippen molar-refractivity contribution in [1.29, 1.82) is 0 Å². The fraction of sp³-hybridized carbons (Fsp3) is 0.361. The summed E-state index contributed by atoms with van der Waals surface area (Å²) < 4.78 is 94.4. The molecule has 9 aromatic rings. The Bertz CT molecular complexity index is 5550. The normalized spacial score (nSPS) is 24.0. The molecule has 0 saturated carbocycles. The molecule has 9 aromatic carbocycles. The highest BCUT2D eigenvalue weighted by Gasteiger charge is 2.49. The Morgan fingerprint density at radius 3 is 1.06 bits per heavy atom. The first kappa shape index (κ1) is 81.4. The molecule has 13 atom stereocenters. The molecule has 0 radical (unpaired) electrons. The van der Waals surface area contributed by atoms with Crippen LogP contribution in [0, 0.1) is 0 Å². The number of hydrogen-bond acceptors (Lipinski definition) is 36. The Morgan fingerprint density at radius 1 is 0.361 bits per heavy atom. The third-order valence-corrected chi connectivity index (χ3v) is 21.7. The van der Waals surface area contributed by atoms with E-state index in [9.17, 15) is 95.5 Å². The summed E-state index contributed by atoms with van der Waals surface area (Å²) >= 11 is 0.